The van der Waals surface area contributed by atoms with Crippen LogP contribution in [-0.2, 0) is 4.79 Å². The van der Waals surface area contributed by atoms with Gasteiger partial charge in [-0.2, -0.15) is 0 Å². The minimum atomic E-state index is -1.21. The molecule has 2 N–H and O–H groups in total. The van der Waals surface area contributed by atoms with E-state index in [1.54, 1.807) is 12.3 Å². The van der Waals surface area contributed by atoms with Crippen LogP contribution in [0.1, 0.15) is 24.2 Å². The van der Waals surface area contributed by atoms with Crippen LogP contribution in [-0.4, -0.2) is 39.5 Å². The molecule has 1 aromatic rings. The molecule has 0 saturated heterocycles. The molecule has 1 amide bonds. The third-order valence-electron chi connectivity index (χ3n) is 2.51. The Bertz CT molecular complexity index is 368. The Balaban J connectivity index is 2.91. The van der Waals surface area contributed by atoms with Gasteiger partial charge in [-0.05, 0) is 19.9 Å². The van der Waals surface area contributed by atoms with Crippen LogP contribution in [0.2, 0.25) is 0 Å². The first-order valence-electron chi connectivity index (χ1n) is 4.51. The van der Waals surface area contributed by atoms with Crippen molar-refractivity contribution in [2.24, 2.45) is 0 Å². The maximum Gasteiger partial charge on any atom is 0.329 e. The van der Waals surface area contributed by atoms with E-state index in [0.717, 1.165) is 0 Å². The third kappa shape index (κ3) is 2.01. The molecular weight excluding hydrogens is 196 g/mol. The Morgan fingerprint density at radius 1 is 1.47 bits per heavy atom. The molecule has 1 heterocycles. The largest absolute Gasteiger partial charge is 0.480 e. The number of rotatable bonds is 3. The van der Waals surface area contributed by atoms with E-state index in [0.29, 0.717) is 5.56 Å². The zero-order chi connectivity index (χ0) is 11.6. The maximum absolute atomic E-state index is 11.8. The minimum absolute atomic E-state index is 0.316. The maximum atomic E-state index is 11.8. The molecule has 15 heavy (non-hydrogen) atoms. The van der Waals surface area contributed by atoms with Crippen molar-refractivity contribution in [3.05, 3.63) is 24.0 Å². The molecule has 0 unspecified atom stereocenters. The van der Waals surface area contributed by atoms with Gasteiger partial charge in [0.25, 0.3) is 5.91 Å². The first-order valence-corrected chi connectivity index (χ1v) is 4.51. The van der Waals surface area contributed by atoms with Gasteiger partial charge in [0.2, 0.25) is 0 Å². The predicted molar refractivity (Wildman–Crippen MR) is 54.6 cm³/mol. The fraction of sp³-hybridized carbons (Fsp3) is 0.400. The average molecular weight is 210 g/mol. The van der Waals surface area contributed by atoms with Crippen LogP contribution < -0.4 is 0 Å². The van der Waals surface area contributed by atoms with Crippen LogP contribution in [0.4, 0.5) is 0 Å². The second-order valence-corrected chi connectivity index (χ2v) is 3.83. The third-order valence-corrected chi connectivity index (χ3v) is 2.51. The van der Waals surface area contributed by atoms with Gasteiger partial charge in [-0.3, -0.25) is 4.79 Å². The number of nitrogens with zero attached hydrogens (tertiary/aromatic N) is 1. The summed E-state index contributed by atoms with van der Waals surface area (Å²) in [6, 6.07) is 1.61. The fourth-order valence-electron chi connectivity index (χ4n) is 1.05. The zero-order valence-electron chi connectivity index (χ0n) is 8.94. The number of carbonyl (C=O) groups is 2. The molecule has 0 bridgehead atoms. The van der Waals surface area contributed by atoms with Crippen LogP contribution in [0, 0.1) is 0 Å². The van der Waals surface area contributed by atoms with Gasteiger partial charge in [-0.1, -0.05) is 0 Å². The summed E-state index contributed by atoms with van der Waals surface area (Å²) in [5.74, 6) is -1.35. The van der Waals surface area contributed by atoms with Crippen LogP contribution in [0.3, 0.4) is 0 Å². The molecule has 0 fully saturated rings. The number of aromatic amines is 1. The number of aliphatic carboxylic acids is 1. The number of carboxylic acids is 1. The van der Waals surface area contributed by atoms with Crippen LogP contribution in [0.25, 0.3) is 0 Å². The lowest BCUT2D eigenvalue weighted by molar-refractivity contribution is -0.147. The Morgan fingerprint density at radius 3 is 2.47 bits per heavy atom. The Morgan fingerprint density at radius 2 is 2.07 bits per heavy atom. The van der Waals surface area contributed by atoms with Crippen LogP contribution in [0.15, 0.2) is 18.5 Å². The van der Waals surface area contributed by atoms with E-state index in [4.69, 9.17) is 5.11 Å². The molecule has 0 aromatic carbocycles. The lowest BCUT2D eigenvalue weighted by Gasteiger charge is -2.31. The van der Waals surface area contributed by atoms with Crippen molar-refractivity contribution in [3.63, 3.8) is 0 Å². The Labute approximate surface area is 87.7 Å². The quantitative estimate of drug-likeness (QED) is 0.780. The normalized spacial score (nSPS) is 11.1. The molecular formula is C10H14N2O3. The van der Waals surface area contributed by atoms with Gasteiger partial charge in [0, 0.05) is 19.4 Å². The van der Waals surface area contributed by atoms with E-state index in [2.05, 4.69) is 4.98 Å². The number of carboxylic acid groups (broad SMARTS) is 1. The number of hydrogen-bond donors (Lipinski definition) is 2. The van der Waals surface area contributed by atoms with E-state index >= 15 is 0 Å². The lowest BCUT2D eigenvalue weighted by atomic mass is 10.0. The molecule has 0 saturated carbocycles. The molecule has 0 aliphatic carbocycles. The number of likely N-dealkylation sites (N-methyl/N-ethyl adjacent to an activating group) is 1. The second kappa shape index (κ2) is 3.76. The summed E-state index contributed by atoms with van der Waals surface area (Å²) >= 11 is 0. The molecule has 0 aliphatic heterocycles. The Kier molecular flexibility index (Phi) is 2.83. The molecule has 82 valence electrons. The van der Waals surface area contributed by atoms with Gasteiger partial charge in [0.05, 0.1) is 5.56 Å². The SMILES string of the molecule is CN(C(=O)c1cc[nH]c1)C(C)(C)C(=O)O. The molecule has 5 heteroatoms. The molecule has 0 radical (unpaired) electrons. The van der Waals surface area contributed by atoms with Gasteiger partial charge in [0.1, 0.15) is 5.54 Å². The number of carbonyl (C=O) groups excluding carboxylic acids is 1. The summed E-state index contributed by atoms with van der Waals surface area (Å²) in [7, 11) is 1.48. The van der Waals surface area contributed by atoms with Gasteiger partial charge in [-0.25, -0.2) is 4.79 Å². The highest BCUT2D eigenvalue weighted by atomic mass is 16.4. The van der Waals surface area contributed by atoms with Gasteiger partial charge < -0.3 is 15.0 Å². The smallest absolute Gasteiger partial charge is 0.329 e. The van der Waals surface area contributed by atoms with Crippen molar-refractivity contribution in [2.45, 2.75) is 19.4 Å². The summed E-state index contributed by atoms with van der Waals surface area (Å²) in [6.45, 7) is 2.97. The molecule has 1 aromatic heterocycles. The number of hydrogen-bond acceptors (Lipinski definition) is 2. The number of nitrogens with one attached hydrogen (secondary N) is 1. The van der Waals surface area contributed by atoms with E-state index in [1.165, 1.54) is 32.0 Å². The molecule has 0 spiro atoms. The monoisotopic (exact) mass is 210 g/mol. The highest BCUT2D eigenvalue weighted by Gasteiger charge is 2.35. The van der Waals surface area contributed by atoms with Gasteiger partial charge >= 0.3 is 5.97 Å². The van der Waals surface area contributed by atoms with Crippen LogP contribution in [0.5, 0.6) is 0 Å². The average Bonchev–Trinajstić information content (AvgIpc) is 2.67. The summed E-state index contributed by atoms with van der Waals surface area (Å²) in [6.07, 6.45) is 3.16. The predicted octanol–water partition coefficient (Wildman–Crippen LogP) is 0.950. The highest BCUT2D eigenvalue weighted by Crippen LogP contribution is 2.15. The van der Waals surface area contributed by atoms with E-state index in [9.17, 15) is 9.59 Å². The first-order chi connectivity index (χ1) is 6.87. The van der Waals surface area contributed by atoms with Crippen molar-refractivity contribution >= 4 is 11.9 Å². The summed E-state index contributed by atoms with van der Waals surface area (Å²) in [4.78, 5) is 26.7. The fourth-order valence-corrected chi connectivity index (χ4v) is 1.05. The van der Waals surface area contributed by atoms with Crippen molar-refractivity contribution in [1.82, 2.24) is 9.88 Å². The first kappa shape index (κ1) is 11.3. The molecule has 0 atom stereocenters. The van der Waals surface area contributed by atoms with Gasteiger partial charge in [-0.15, -0.1) is 0 Å². The van der Waals surface area contributed by atoms with Gasteiger partial charge in [0.15, 0.2) is 0 Å². The second-order valence-electron chi connectivity index (χ2n) is 3.83. The Hall–Kier alpha value is -1.78. The molecule has 1 rings (SSSR count). The summed E-state index contributed by atoms with van der Waals surface area (Å²) in [5.41, 5.74) is -0.763. The standard InChI is InChI=1S/C10H14N2O3/c1-10(2,9(14)15)12(3)8(13)7-4-5-11-6-7/h4-6,11H,1-3H3,(H,14,15). The van der Waals surface area contributed by atoms with Crippen LogP contribution >= 0.6 is 0 Å². The topological polar surface area (TPSA) is 73.4 Å². The van der Waals surface area contributed by atoms with E-state index < -0.39 is 11.5 Å². The van der Waals surface area contributed by atoms with Crippen molar-refractivity contribution in [1.29, 1.82) is 0 Å². The molecule has 5 nitrogen and oxygen atoms in total. The minimum Gasteiger partial charge on any atom is -0.480 e. The van der Waals surface area contributed by atoms with Crippen molar-refractivity contribution in [2.75, 3.05) is 7.05 Å². The van der Waals surface area contributed by atoms with E-state index in [-0.39, 0.29) is 5.91 Å². The molecule has 0 aliphatic rings. The number of amides is 1. The number of aromatic nitrogens is 1. The summed E-state index contributed by atoms with van der Waals surface area (Å²) in [5, 5.41) is 8.96. The van der Waals surface area contributed by atoms with Crippen molar-refractivity contribution in [3.8, 4) is 0 Å². The number of H-pyrrole nitrogens is 1. The lowest BCUT2D eigenvalue weighted by Crippen LogP contribution is -2.50. The van der Waals surface area contributed by atoms with Crippen molar-refractivity contribution < 1.29 is 14.7 Å². The summed E-state index contributed by atoms with van der Waals surface area (Å²) < 4.78 is 0. The van der Waals surface area contributed by atoms with E-state index in [1.807, 2.05) is 0 Å². The zero-order valence-corrected chi connectivity index (χ0v) is 8.94. The highest BCUT2D eigenvalue weighted by molar-refractivity contribution is 5.97.